The van der Waals surface area contributed by atoms with E-state index < -0.39 is 0 Å². The molecule has 19 heavy (non-hydrogen) atoms. The van der Waals surface area contributed by atoms with Crippen molar-refractivity contribution in [3.63, 3.8) is 0 Å². The summed E-state index contributed by atoms with van der Waals surface area (Å²) in [6, 6.07) is 0. The van der Waals surface area contributed by atoms with Gasteiger partial charge in [0.25, 0.3) is 0 Å². The van der Waals surface area contributed by atoms with Crippen molar-refractivity contribution in [3.05, 3.63) is 23.5 Å². The van der Waals surface area contributed by atoms with Gasteiger partial charge in [-0.05, 0) is 18.9 Å². The normalized spacial score (nSPS) is 30.1. The van der Waals surface area contributed by atoms with Gasteiger partial charge in [-0.1, -0.05) is 6.08 Å². The first-order valence-corrected chi connectivity index (χ1v) is 6.24. The summed E-state index contributed by atoms with van der Waals surface area (Å²) in [6.07, 6.45) is 3.96. The second-order valence-electron chi connectivity index (χ2n) is 4.64. The SMILES string of the molecule is CN=C(C)C1=CCC2C(C(=O)OC)=COC(OC)C12. The predicted molar refractivity (Wildman–Crippen MR) is 70.7 cm³/mol. The zero-order valence-electron chi connectivity index (χ0n) is 11.7. The number of rotatable bonds is 3. The summed E-state index contributed by atoms with van der Waals surface area (Å²) in [5.41, 5.74) is 2.61. The lowest BCUT2D eigenvalue weighted by atomic mass is 9.82. The number of carbonyl (C=O) groups excluding carboxylic acids is 1. The Morgan fingerprint density at radius 1 is 1.42 bits per heavy atom. The van der Waals surface area contributed by atoms with Crippen LogP contribution >= 0.6 is 0 Å². The largest absolute Gasteiger partial charge is 0.471 e. The molecule has 0 aromatic rings. The van der Waals surface area contributed by atoms with Crippen LogP contribution < -0.4 is 0 Å². The molecule has 1 aliphatic heterocycles. The van der Waals surface area contributed by atoms with Crippen molar-refractivity contribution in [2.24, 2.45) is 16.8 Å². The monoisotopic (exact) mass is 265 g/mol. The fourth-order valence-electron chi connectivity index (χ4n) is 2.76. The molecule has 2 rings (SSSR count). The molecule has 0 amide bonds. The molecule has 0 aromatic carbocycles. The molecule has 5 heteroatoms. The van der Waals surface area contributed by atoms with Crippen molar-refractivity contribution in [2.75, 3.05) is 21.3 Å². The average molecular weight is 265 g/mol. The number of methoxy groups -OCH3 is 2. The van der Waals surface area contributed by atoms with Gasteiger partial charge in [-0.3, -0.25) is 4.99 Å². The van der Waals surface area contributed by atoms with Gasteiger partial charge in [0.15, 0.2) is 0 Å². The van der Waals surface area contributed by atoms with Crippen molar-refractivity contribution in [1.29, 1.82) is 0 Å². The minimum absolute atomic E-state index is 0.00667. The number of nitrogens with zero attached hydrogens (tertiary/aromatic N) is 1. The van der Waals surface area contributed by atoms with E-state index in [1.54, 1.807) is 14.2 Å². The third-order valence-electron chi connectivity index (χ3n) is 3.81. The van der Waals surface area contributed by atoms with Gasteiger partial charge in [0, 0.05) is 25.8 Å². The van der Waals surface area contributed by atoms with E-state index in [1.807, 2.05) is 6.92 Å². The third-order valence-corrected chi connectivity index (χ3v) is 3.81. The molecule has 0 N–H and O–H groups in total. The maximum Gasteiger partial charge on any atom is 0.337 e. The van der Waals surface area contributed by atoms with Crippen LogP contribution in [0.25, 0.3) is 0 Å². The maximum atomic E-state index is 11.8. The van der Waals surface area contributed by atoms with Gasteiger partial charge in [-0.25, -0.2) is 4.79 Å². The van der Waals surface area contributed by atoms with E-state index in [4.69, 9.17) is 14.2 Å². The molecular formula is C14H19NO4. The molecule has 1 heterocycles. The standard InChI is InChI=1S/C14H19NO4/c1-8(15-2)9-5-6-10-11(13(16)17-3)7-19-14(18-4)12(9)10/h5,7,10,12,14H,6H2,1-4H3. The van der Waals surface area contributed by atoms with Crippen LogP contribution in [-0.2, 0) is 19.0 Å². The van der Waals surface area contributed by atoms with E-state index in [1.165, 1.54) is 13.4 Å². The minimum Gasteiger partial charge on any atom is -0.471 e. The number of allylic oxidation sites excluding steroid dienone is 1. The summed E-state index contributed by atoms with van der Waals surface area (Å²) in [5, 5.41) is 0. The highest BCUT2D eigenvalue weighted by Crippen LogP contribution is 2.43. The van der Waals surface area contributed by atoms with Crippen molar-refractivity contribution in [2.45, 2.75) is 19.6 Å². The molecule has 0 bridgehead atoms. The van der Waals surface area contributed by atoms with E-state index in [2.05, 4.69) is 11.1 Å². The summed E-state index contributed by atoms with van der Waals surface area (Å²) in [5.74, 6) is -0.309. The van der Waals surface area contributed by atoms with E-state index in [9.17, 15) is 4.79 Å². The van der Waals surface area contributed by atoms with Crippen molar-refractivity contribution in [1.82, 2.24) is 0 Å². The van der Waals surface area contributed by atoms with Gasteiger partial charge in [-0.2, -0.15) is 0 Å². The van der Waals surface area contributed by atoms with Crippen LogP contribution in [0.3, 0.4) is 0 Å². The molecule has 104 valence electrons. The summed E-state index contributed by atoms with van der Waals surface area (Å²) in [4.78, 5) is 16.0. The topological polar surface area (TPSA) is 57.1 Å². The number of carbonyl (C=O) groups is 1. The van der Waals surface area contributed by atoms with E-state index in [0.29, 0.717) is 5.57 Å². The maximum absolute atomic E-state index is 11.8. The second kappa shape index (κ2) is 5.57. The third kappa shape index (κ3) is 2.30. The molecule has 1 aliphatic carbocycles. The number of aliphatic imine (C=N–C) groups is 1. The first kappa shape index (κ1) is 13.8. The average Bonchev–Trinajstić information content (AvgIpc) is 2.89. The number of esters is 1. The second-order valence-corrected chi connectivity index (χ2v) is 4.64. The summed E-state index contributed by atoms with van der Waals surface area (Å²) >= 11 is 0. The summed E-state index contributed by atoms with van der Waals surface area (Å²) < 4.78 is 15.7. The molecular weight excluding hydrogens is 246 g/mol. The van der Waals surface area contributed by atoms with Crippen molar-refractivity contribution in [3.8, 4) is 0 Å². The van der Waals surface area contributed by atoms with Crippen LogP contribution in [0, 0.1) is 11.8 Å². The van der Waals surface area contributed by atoms with Crippen molar-refractivity contribution < 1.29 is 19.0 Å². The zero-order valence-corrected chi connectivity index (χ0v) is 11.7. The number of hydrogen-bond acceptors (Lipinski definition) is 5. The van der Waals surface area contributed by atoms with Crippen LogP contribution in [0.5, 0.6) is 0 Å². The molecule has 0 saturated carbocycles. The van der Waals surface area contributed by atoms with Crippen LogP contribution in [0.1, 0.15) is 13.3 Å². The van der Waals surface area contributed by atoms with Gasteiger partial charge >= 0.3 is 5.97 Å². The molecule has 0 spiro atoms. The Hall–Kier alpha value is -1.62. The van der Waals surface area contributed by atoms with E-state index in [-0.39, 0.29) is 24.1 Å². The summed E-state index contributed by atoms with van der Waals surface area (Å²) in [6.45, 7) is 1.96. The van der Waals surface area contributed by atoms with Gasteiger partial charge in [0.2, 0.25) is 6.29 Å². The highest BCUT2D eigenvalue weighted by atomic mass is 16.7. The lowest BCUT2D eigenvalue weighted by molar-refractivity contribution is -0.145. The van der Waals surface area contributed by atoms with Crippen LogP contribution in [0.15, 0.2) is 28.5 Å². The molecule has 0 radical (unpaired) electrons. The molecule has 5 nitrogen and oxygen atoms in total. The molecule has 0 aromatic heterocycles. The fraction of sp³-hybridized carbons (Fsp3) is 0.571. The van der Waals surface area contributed by atoms with Crippen molar-refractivity contribution >= 4 is 11.7 Å². The minimum atomic E-state index is -0.385. The molecule has 0 fully saturated rings. The highest BCUT2D eigenvalue weighted by molar-refractivity contribution is 6.00. The van der Waals surface area contributed by atoms with Gasteiger partial charge in [0.1, 0.15) is 0 Å². The summed E-state index contributed by atoms with van der Waals surface area (Å²) in [7, 11) is 4.74. The molecule has 3 atom stereocenters. The number of ether oxygens (including phenoxy) is 3. The first-order chi connectivity index (χ1) is 9.13. The molecule has 0 saturated heterocycles. The van der Waals surface area contributed by atoms with Gasteiger partial charge in [0.05, 0.1) is 24.9 Å². The Balaban J connectivity index is 2.34. The molecule has 3 unspecified atom stereocenters. The zero-order chi connectivity index (χ0) is 14.0. The Morgan fingerprint density at radius 3 is 2.74 bits per heavy atom. The Labute approximate surface area is 112 Å². The lowest BCUT2D eigenvalue weighted by Crippen LogP contribution is -2.37. The van der Waals surface area contributed by atoms with E-state index in [0.717, 1.165) is 17.7 Å². The van der Waals surface area contributed by atoms with Crippen LogP contribution in [0.4, 0.5) is 0 Å². The lowest BCUT2D eigenvalue weighted by Gasteiger charge is -2.34. The Bertz CT molecular complexity index is 464. The first-order valence-electron chi connectivity index (χ1n) is 6.24. The predicted octanol–water partition coefficient (Wildman–Crippen LogP) is 1.70. The van der Waals surface area contributed by atoms with Crippen LogP contribution in [-0.4, -0.2) is 39.2 Å². The van der Waals surface area contributed by atoms with Gasteiger partial charge in [-0.15, -0.1) is 0 Å². The smallest absolute Gasteiger partial charge is 0.337 e. The highest BCUT2D eigenvalue weighted by Gasteiger charge is 2.45. The Kier molecular flexibility index (Phi) is 4.04. The number of hydrogen-bond donors (Lipinski definition) is 0. The quantitative estimate of drug-likeness (QED) is 0.575. The van der Waals surface area contributed by atoms with E-state index >= 15 is 0 Å². The van der Waals surface area contributed by atoms with Gasteiger partial charge < -0.3 is 14.2 Å². The molecule has 2 aliphatic rings. The fourth-order valence-corrected chi connectivity index (χ4v) is 2.76. The van der Waals surface area contributed by atoms with Crippen LogP contribution in [0.2, 0.25) is 0 Å². The Morgan fingerprint density at radius 2 is 2.16 bits per heavy atom. The number of fused-ring (bicyclic) bond motifs is 1.